The third kappa shape index (κ3) is 5.87. The van der Waals surface area contributed by atoms with Crippen LogP contribution in [0.4, 0.5) is 0 Å². The van der Waals surface area contributed by atoms with E-state index in [0.29, 0.717) is 17.3 Å². The fraction of sp³-hybridized carbons (Fsp3) is 0.227. The van der Waals surface area contributed by atoms with Crippen LogP contribution in [-0.4, -0.2) is 21.7 Å². The van der Waals surface area contributed by atoms with Crippen LogP contribution < -0.4 is 14.3 Å². The number of hydrazone groups is 1. The average Bonchev–Trinajstić information content (AvgIpc) is 3.21. The predicted octanol–water partition coefficient (Wildman–Crippen LogP) is 4.13. The number of furan rings is 1. The molecule has 158 valence electrons. The van der Waals surface area contributed by atoms with Crippen LogP contribution in [0.5, 0.6) is 11.5 Å². The van der Waals surface area contributed by atoms with Crippen molar-refractivity contribution < 1.29 is 22.3 Å². The SMILES string of the molecule is CCCc1ccc(S(=O)(=O)N/N=C\c2ccc(COc3ccc(OC)cc3)o2)cc1. The third-order valence-corrected chi connectivity index (χ3v) is 5.50. The molecule has 1 heterocycles. The van der Waals surface area contributed by atoms with Crippen molar-refractivity contribution in [1.29, 1.82) is 0 Å². The maximum atomic E-state index is 12.3. The number of sulfonamides is 1. The minimum atomic E-state index is -3.73. The minimum Gasteiger partial charge on any atom is -0.497 e. The Morgan fingerprint density at radius 2 is 1.70 bits per heavy atom. The second-order valence-electron chi connectivity index (χ2n) is 6.52. The Hall–Kier alpha value is -3.26. The lowest BCUT2D eigenvalue weighted by atomic mass is 10.1. The van der Waals surface area contributed by atoms with E-state index >= 15 is 0 Å². The first-order chi connectivity index (χ1) is 14.5. The van der Waals surface area contributed by atoms with E-state index in [2.05, 4.69) is 16.9 Å². The van der Waals surface area contributed by atoms with Crippen molar-refractivity contribution in [2.45, 2.75) is 31.3 Å². The number of methoxy groups -OCH3 is 1. The van der Waals surface area contributed by atoms with Gasteiger partial charge in [0, 0.05) is 0 Å². The fourth-order valence-corrected chi connectivity index (χ4v) is 3.50. The molecule has 8 heteroatoms. The van der Waals surface area contributed by atoms with Gasteiger partial charge in [-0.3, -0.25) is 0 Å². The summed E-state index contributed by atoms with van der Waals surface area (Å²) in [7, 11) is -2.13. The number of hydrogen-bond donors (Lipinski definition) is 1. The quantitative estimate of drug-likeness (QED) is 0.387. The molecule has 0 saturated heterocycles. The van der Waals surface area contributed by atoms with Crippen LogP contribution >= 0.6 is 0 Å². The summed E-state index contributed by atoms with van der Waals surface area (Å²) in [6, 6.07) is 17.4. The highest BCUT2D eigenvalue weighted by atomic mass is 32.2. The summed E-state index contributed by atoms with van der Waals surface area (Å²) in [6.45, 7) is 2.31. The summed E-state index contributed by atoms with van der Waals surface area (Å²) in [5.41, 5.74) is 1.10. The highest BCUT2D eigenvalue weighted by molar-refractivity contribution is 7.89. The molecule has 0 bridgehead atoms. The summed E-state index contributed by atoms with van der Waals surface area (Å²) in [6.07, 6.45) is 3.22. The molecule has 0 spiro atoms. The highest BCUT2D eigenvalue weighted by Crippen LogP contribution is 2.18. The number of nitrogens with one attached hydrogen (secondary N) is 1. The van der Waals surface area contributed by atoms with E-state index in [9.17, 15) is 8.42 Å². The van der Waals surface area contributed by atoms with Crippen molar-refractivity contribution in [3.05, 3.63) is 77.7 Å². The normalized spacial score (nSPS) is 11.5. The summed E-state index contributed by atoms with van der Waals surface area (Å²) in [5.74, 6) is 2.42. The first-order valence-corrected chi connectivity index (χ1v) is 11.0. The fourth-order valence-electron chi connectivity index (χ4n) is 2.70. The first-order valence-electron chi connectivity index (χ1n) is 9.49. The van der Waals surface area contributed by atoms with Crippen LogP contribution in [0, 0.1) is 0 Å². The van der Waals surface area contributed by atoms with Crippen molar-refractivity contribution in [1.82, 2.24) is 4.83 Å². The molecular weight excluding hydrogens is 404 g/mol. The molecule has 7 nitrogen and oxygen atoms in total. The molecule has 0 fully saturated rings. The number of hydrogen-bond acceptors (Lipinski definition) is 6. The molecule has 0 aliphatic heterocycles. The monoisotopic (exact) mass is 428 g/mol. The molecule has 2 aromatic carbocycles. The van der Waals surface area contributed by atoms with Gasteiger partial charge in [0.05, 0.1) is 18.2 Å². The topological polar surface area (TPSA) is 90.1 Å². The van der Waals surface area contributed by atoms with E-state index < -0.39 is 10.0 Å². The van der Waals surface area contributed by atoms with Crippen LogP contribution in [0.15, 0.2) is 75.1 Å². The Bertz CT molecular complexity index is 1070. The molecule has 1 N–H and O–H groups in total. The van der Waals surface area contributed by atoms with Gasteiger partial charge >= 0.3 is 0 Å². The van der Waals surface area contributed by atoms with Gasteiger partial charge in [-0.15, -0.1) is 0 Å². The van der Waals surface area contributed by atoms with Gasteiger partial charge in [0.25, 0.3) is 10.0 Å². The number of aryl methyl sites for hydroxylation is 1. The van der Waals surface area contributed by atoms with E-state index in [-0.39, 0.29) is 11.5 Å². The van der Waals surface area contributed by atoms with E-state index in [1.165, 1.54) is 6.21 Å². The molecule has 0 saturated carbocycles. The van der Waals surface area contributed by atoms with E-state index in [1.807, 2.05) is 12.1 Å². The van der Waals surface area contributed by atoms with E-state index in [0.717, 1.165) is 24.2 Å². The number of nitrogens with zero attached hydrogens (tertiary/aromatic N) is 1. The molecular formula is C22H24N2O5S. The first kappa shape index (κ1) is 21.4. The Labute approximate surface area is 176 Å². The molecule has 3 aromatic rings. The smallest absolute Gasteiger partial charge is 0.276 e. The molecule has 0 aliphatic carbocycles. The summed E-state index contributed by atoms with van der Waals surface area (Å²) >= 11 is 0. The van der Waals surface area contributed by atoms with E-state index in [1.54, 1.807) is 55.6 Å². The molecule has 0 amide bonds. The minimum absolute atomic E-state index is 0.160. The second kappa shape index (κ2) is 9.98. The zero-order valence-corrected chi connectivity index (χ0v) is 17.7. The number of ether oxygens (including phenoxy) is 2. The van der Waals surface area contributed by atoms with Gasteiger partial charge in [-0.1, -0.05) is 25.5 Å². The van der Waals surface area contributed by atoms with Gasteiger partial charge in [0.1, 0.15) is 29.6 Å². The maximum Gasteiger partial charge on any atom is 0.276 e. The number of benzene rings is 2. The lowest BCUT2D eigenvalue weighted by Gasteiger charge is -2.05. The maximum absolute atomic E-state index is 12.3. The Balaban J connectivity index is 1.54. The van der Waals surface area contributed by atoms with Crippen molar-refractivity contribution in [3.8, 4) is 11.5 Å². The Morgan fingerprint density at radius 3 is 2.37 bits per heavy atom. The van der Waals surface area contributed by atoms with Gasteiger partial charge in [0.15, 0.2) is 0 Å². The zero-order chi connectivity index (χ0) is 21.4. The molecule has 0 unspecified atom stereocenters. The Morgan fingerprint density at radius 1 is 1.00 bits per heavy atom. The summed E-state index contributed by atoms with van der Waals surface area (Å²) in [4.78, 5) is 2.35. The van der Waals surface area contributed by atoms with Crippen LogP contribution in [0.1, 0.15) is 30.4 Å². The van der Waals surface area contributed by atoms with Crippen molar-refractivity contribution >= 4 is 16.2 Å². The highest BCUT2D eigenvalue weighted by Gasteiger charge is 2.12. The van der Waals surface area contributed by atoms with Gasteiger partial charge in [-0.2, -0.15) is 18.4 Å². The van der Waals surface area contributed by atoms with Crippen LogP contribution in [-0.2, 0) is 23.1 Å². The molecule has 0 aliphatic rings. The van der Waals surface area contributed by atoms with Crippen molar-refractivity contribution in [3.63, 3.8) is 0 Å². The third-order valence-electron chi connectivity index (χ3n) is 4.26. The average molecular weight is 429 g/mol. The Kier molecular flexibility index (Phi) is 7.13. The van der Waals surface area contributed by atoms with Gasteiger partial charge in [-0.25, -0.2) is 0 Å². The van der Waals surface area contributed by atoms with Gasteiger partial charge < -0.3 is 13.9 Å². The molecule has 1 aromatic heterocycles. The lowest BCUT2D eigenvalue weighted by molar-refractivity contribution is 0.269. The molecule has 30 heavy (non-hydrogen) atoms. The zero-order valence-electron chi connectivity index (χ0n) is 16.9. The molecule has 0 radical (unpaired) electrons. The molecule has 3 rings (SSSR count). The lowest BCUT2D eigenvalue weighted by Crippen LogP contribution is -2.18. The molecule has 0 atom stereocenters. The van der Waals surface area contributed by atoms with Crippen LogP contribution in [0.2, 0.25) is 0 Å². The predicted molar refractivity (Wildman–Crippen MR) is 114 cm³/mol. The second-order valence-corrected chi connectivity index (χ2v) is 8.18. The standard InChI is InChI=1S/C22H24N2O5S/c1-3-4-17-5-13-22(14-6-17)30(25,26)24-23-15-20-11-12-21(29-20)16-28-19-9-7-18(27-2)8-10-19/h5-15,24H,3-4,16H2,1-2H3/b23-15-. The summed E-state index contributed by atoms with van der Waals surface area (Å²) in [5, 5.41) is 3.79. The van der Waals surface area contributed by atoms with Crippen LogP contribution in [0.3, 0.4) is 0 Å². The van der Waals surface area contributed by atoms with Crippen LogP contribution in [0.25, 0.3) is 0 Å². The largest absolute Gasteiger partial charge is 0.497 e. The van der Waals surface area contributed by atoms with Crippen molar-refractivity contribution in [2.24, 2.45) is 5.10 Å². The van der Waals surface area contributed by atoms with E-state index in [4.69, 9.17) is 13.9 Å². The summed E-state index contributed by atoms with van der Waals surface area (Å²) < 4.78 is 41.0. The van der Waals surface area contributed by atoms with Crippen molar-refractivity contribution in [2.75, 3.05) is 7.11 Å². The van der Waals surface area contributed by atoms with Gasteiger partial charge in [-0.05, 0) is 60.5 Å². The number of rotatable bonds is 10. The van der Waals surface area contributed by atoms with Gasteiger partial charge in [0.2, 0.25) is 0 Å².